The Balaban J connectivity index is 2.26. The number of benzene rings is 2. The van der Waals surface area contributed by atoms with E-state index in [0.717, 1.165) is 12.0 Å². The number of carbonyl (C=O) groups is 1. The average molecular weight is 321 g/mol. The molecule has 0 saturated heterocycles. The van der Waals surface area contributed by atoms with Gasteiger partial charge in [-0.1, -0.05) is 24.6 Å². The first-order chi connectivity index (χ1) is 10.4. The third kappa shape index (κ3) is 3.35. The number of hydrogen-bond donors (Lipinski definition) is 2. The standard InChI is InChI=1S/C15H13ClN2O4/c1-2-9-3-6-14(19)11(7-9)15(20)17-10-4-5-13(18(21)22)12(16)8-10/h3-8,19H,2H2,1H3,(H,17,20). The van der Waals surface area contributed by atoms with Crippen LogP contribution in [0.25, 0.3) is 0 Å². The molecule has 0 aliphatic carbocycles. The molecule has 22 heavy (non-hydrogen) atoms. The maximum Gasteiger partial charge on any atom is 0.288 e. The number of nitrogens with zero attached hydrogens (tertiary/aromatic N) is 1. The maximum absolute atomic E-state index is 12.2. The predicted octanol–water partition coefficient (Wildman–Crippen LogP) is 3.77. The zero-order chi connectivity index (χ0) is 16.3. The van der Waals surface area contributed by atoms with Crippen molar-refractivity contribution in [1.29, 1.82) is 0 Å². The molecule has 114 valence electrons. The summed E-state index contributed by atoms with van der Waals surface area (Å²) in [5, 5.41) is 22.9. The highest BCUT2D eigenvalue weighted by Crippen LogP contribution is 2.28. The smallest absolute Gasteiger partial charge is 0.288 e. The lowest BCUT2D eigenvalue weighted by molar-refractivity contribution is -0.384. The molecule has 2 rings (SSSR count). The van der Waals surface area contributed by atoms with Gasteiger partial charge in [-0.15, -0.1) is 0 Å². The van der Waals surface area contributed by atoms with Gasteiger partial charge in [0.2, 0.25) is 0 Å². The molecule has 2 N–H and O–H groups in total. The van der Waals surface area contributed by atoms with Crippen LogP contribution in [0.3, 0.4) is 0 Å². The lowest BCUT2D eigenvalue weighted by Crippen LogP contribution is -2.12. The molecule has 0 atom stereocenters. The van der Waals surface area contributed by atoms with Crippen LogP contribution in [0, 0.1) is 10.1 Å². The summed E-state index contributed by atoms with van der Waals surface area (Å²) in [6.07, 6.45) is 0.726. The van der Waals surface area contributed by atoms with E-state index < -0.39 is 10.8 Å². The Kier molecular flexibility index (Phi) is 4.62. The number of nitro benzene ring substituents is 1. The Morgan fingerprint density at radius 1 is 1.32 bits per heavy atom. The minimum atomic E-state index is -0.607. The van der Waals surface area contributed by atoms with Gasteiger partial charge in [0.25, 0.3) is 11.6 Å². The first kappa shape index (κ1) is 15.8. The van der Waals surface area contributed by atoms with Crippen LogP contribution in [0.15, 0.2) is 36.4 Å². The van der Waals surface area contributed by atoms with E-state index in [2.05, 4.69) is 5.32 Å². The maximum atomic E-state index is 12.2. The molecule has 0 aliphatic rings. The summed E-state index contributed by atoms with van der Waals surface area (Å²) in [6, 6.07) is 8.66. The van der Waals surface area contributed by atoms with Crippen molar-refractivity contribution in [2.75, 3.05) is 5.32 Å². The number of rotatable bonds is 4. The number of anilines is 1. The highest BCUT2D eigenvalue weighted by Gasteiger charge is 2.15. The molecule has 6 nitrogen and oxygen atoms in total. The second-order valence-corrected chi connectivity index (χ2v) is 4.99. The van der Waals surface area contributed by atoms with Crippen molar-refractivity contribution in [3.8, 4) is 5.75 Å². The number of nitro groups is 1. The van der Waals surface area contributed by atoms with Gasteiger partial charge in [0.15, 0.2) is 0 Å². The summed E-state index contributed by atoms with van der Waals surface area (Å²) >= 11 is 5.79. The van der Waals surface area contributed by atoms with Gasteiger partial charge in [0.05, 0.1) is 10.5 Å². The Bertz CT molecular complexity index is 746. The van der Waals surface area contributed by atoms with Crippen LogP contribution in [-0.2, 0) is 6.42 Å². The fourth-order valence-electron chi connectivity index (χ4n) is 1.92. The van der Waals surface area contributed by atoms with Gasteiger partial charge in [-0.3, -0.25) is 14.9 Å². The van der Waals surface area contributed by atoms with Crippen molar-refractivity contribution in [3.05, 3.63) is 62.7 Å². The normalized spacial score (nSPS) is 10.3. The van der Waals surface area contributed by atoms with Gasteiger partial charge in [0, 0.05) is 11.8 Å². The largest absolute Gasteiger partial charge is 0.507 e. The number of aromatic hydroxyl groups is 1. The van der Waals surface area contributed by atoms with E-state index in [0.29, 0.717) is 5.69 Å². The van der Waals surface area contributed by atoms with E-state index >= 15 is 0 Å². The highest BCUT2D eigenvalue weighted by molar-refractivity contribution is 6.33. The lowest BCUT2D eigenvalue weighted by Gasteiger charge is -2.08. The molecule has 0 aliphatic heterocycles. The van der Waals surface area contributed by atoms with Gasteiger partial charge in [0.1, 0.15) is 10.8 Å². The summed E-state index contributed by atoms with van der Waals surface area (Å²) in [5.41, 5.74) is 1.11. The SMILES string of the molecule is CCc1ccc(O)c(C(=O)Nc2ccc([N+](=O)[O-])c(Cl)c2)c1. The molecule has 0 unspecified atom stereocenters. The molecule has 0 saturated carbocycles. The second-order valence-electron chi connectivity index (χ2n) is 4.58. The number of halogens is 1. The van der Waals surface area contributed by atoms with E-state index in [1.807, 2.05) is 6.92 Å². The molecule has 7 heteroatoms. The lowest BCUT2D eigenvalue weighted by atomic mass is 10.1. The molecule has 0 radical (unpaired) electrons. The van der Waals surface area contributed by atoms with Crippen LogP contribution < -0.4 is 5.32 Å². The zero-order valence-corrected chi connectivity index (χ0v) is 12.4. The van der Waals surface area contributed by atoms with Crippen molar-refractivity contribution >= 4 is 28.9 Å². The monoisotopic (exact) mass is 320 g/mol. The van der Waals surface area contributed by atoms with Crippen molar-refractivity contribution in [2.24, 2.45) is 0 Å². The minimum Gasteiger partial charge on any atom is -0.507 e. The van der Waals surface area contributed by atoms with Crippen molar-refractivity contribution in [1.82, 2.24) is 0 Å². The highest BCUT2D eigenvalue weighted by atomic mass is 35.5. The molecule has 2 aromatic carbocycles. The van der Waals surface area contributed by atoms with Gasteiger partial charge >= 0.3 is 0 Å². The number of aryl methyl sites for hydroxylation is 1. The molecule has 0 spiro atoms. The molecule has 0 heterocycles. The van der Waals surface area contributed by atoms with Crippen LogP contribution >= 0.6 is 11.6 Å². The second kappa shape index (κ2) is 6.44. The Labute approximate surface area is 131 Å². The molecule has 0 fully saturated rings. The third-order valence-electron chi connectivity index (χ3n) is 3.12. The van der Waals surface area contributed by atoms with Gasteiger partial charge < -0.3 is 10.4 Å². The number of phenolic OH excluding ortho intramolecular Hbond substituents is 1. The fourth-order valence-corrected chi connectivity index (χ4v) is 2.17. The van der Waals surface area contributed by atoms with Crippen LogP contribution in [0.5, 0.6) is 5.75 Å². The van der Waals surface area contributed by atoms with Crippen molar-refractivity contribution in [3.63, 3.8) is 0 Å². The van der Waals surface area contributed by atoms with E-state index in [-0.39, 0.29) is 22.0 Å². The molecular weight excluding hydrogens is 308 g/mol. The minimum absolute atomic E-state index is 0.0747. The molecular formula is C15H13ClN2O4. The quantitative estimate of drug-likeness (QED) is 0.662. The Morgan fingerprint density at radius 3 is 2.64 bits per heavy atom. The van der Waals surface area contributed by atoms with Crippen LogP contribution in [-0.4, -0.2) is 15.9 Å². The van der Waals surface area contributed by atoms with E-state index in [1.54, 1.807) is 12.1 Å². The fraction of sp³-hybridized carbons (Fsp3) is 0.133. The summed E-state index contributed by atoms with van der Waals surface area (Å²) in [6.45, 7) is 1.93. The first-order valence-electron chi connectivity index (χ1n) is 6.49. The van der Waals surface area contributed by atoms with Crippen LogP contribution in [0.4, 0.5) is 11.4 Å². The summed E-state index contributed by atoms with van der Waals surface area (Å²) in [4.78, 5) is 22.3. The number of hydrogen-bond acceptors (Lipinski definition) is 4. The Morgan fingerprint density at radius 2 is 2.05 bits per heavy atom. The van der Waals surface area contributed by atoms with Crippen LogP contribution in [0.2, 0.25) is 5.02 Å². The molecule has 2 aromatic rings. The number of nitrogens with one attached hydrogen (secondary N) is 1. The van der Waals surface area contributed by atoms with E-state index in [4.69, 9.17) is 11.6 Å². The molecule has 0 aromatic heterocycles. The Hall–Kier alpha value is -2.60. The van der Waals surface area contributed by atoms with Crippen molar-refractivity contribution < 1.29 is 14.8 Å². The molecule has 1 amide bonds. The van der Waals surface area contributed by atoms with Gasteiger partial charge in [-0.25, -0.2) is 0 Å². The van der Waals surface area contributed by atoms with E-state index in [1.165, 1.54) is 24.3 Å². The average Bonchev–Trinajstić information content (AvgIpc) is 2.47. The molecule has 0 bridgehead atoms. The van der Waals surface area contributed by atoms with Gasteiger partial charge in [-0.2, -0.15) is 0 Å². The number of carbonyl (C=O) groups excluding carboxylic acids is 1. The van der Waals surface area contributed by atoms with Crippen molar-refractivity contribution in [2.45, 2.75) is 13.3 Å². The summed E-state index contributed by atoms with van der Waals surface area (Å²) < 4.78 is 0. The first-order valence-corrected chi connectivity index (χ1v) is 6.87. The summed E-state index contributed by atoms with van der Waals surface area (Å²) in [7, 11) is 0. The number of amides is 1. The summed E-state index contributed by atoms with van der Waals surface area (Å²) in [5.74, 6) is -0.652. The third-order valence-corrected chi connectivity index (χ3v) is 3.42. The topological polar surface area (TPSA) is 92.5 Å². The number of phenols is 1. The van der Waals surface area contributed by atoms with E-state index in [9.17, 15) is 20.0 Å². The zero-order valence-electron chi connectivity index (χ0n) is 11.7. The van der Waals surface area contributed by atoms with Gasteiger partial charge in [-0.05, 0) is 36.2 Å². The predicted molar refractivity (Wildman–Crippen MR) is 83.5 cm³/mol. The van der Waals surface area contributed by atoms with Crippen LogP contribution in [0.1, 0.15) is 22.8 Å².